The van der Waals surface area contributed by atoms with Gasteiger partial charge in [-0.2, -0.15) is 5.10 Å². The summed E-state index contributed by atoms with van der Waals surface area (Å²) in [5.41, 5.74) is 2.92. The van der Waals surface area contributed by atoms with Crippen molar-refractivity contribution in [2.24, 2.45) is 11.0 Å². The van der Waals surface area contributed by atoms with Gasteiger partial charge in [-0.3, -0.25) is 10.2 Å². The molecule has 1 aromatic heterocycles. The first-order valence-corrected chi connectivity index (χ1v) is 7.64. The highest BCUT2D eigenvalue weighted by atomic mass is 32.1. The molecule has 5 nitrogen and oxygen atoms in total. The molecule has 1 heterocycles. The molecule has 2 rings (SSSR count). The average molecular weight is 293 g/mol. The van der Waals surface area contributed by atoms with Crippen molar-refractivity contribution in [2.75, 3.05) is 12.0 Å². The zero-order valence-corrected chi connectivity index (χ0v) is 12.4. The molecule has 1 atom stereocenters. The van der Waals surface area contributed by atoms with Gasteiger partial charge < -0.3 is 4.74 Å². The summed E-state index contributed by atoms with van der Waals surface area (Å²) < 4.78 is 4.90. The lowest BCUT2D eigenvalue weighted by molar-refractivity contribution is -0.142. The first kappa shape index (κ1) is 14.7. The maximum absolute atomic E-state index is 11.3. The second-order valence-electron chi connectivity index (χ2n) is 4.55. The van der Waals surface area contributed by atoms with Crippen molar-refractivity contribution in [3.8, 4) is 0 Å². The standard InChI is InChI=1S/C14H19N3O2S/c1-2-19-13(18)8-12-10-15-14(20-12)17-16-9-11-6-4-3-5-7-11/h3-4,9-11H,2,5-8H2,1H3,(H,15,17)/b16-9+. The van der Waals surface area contributed by atoms with Crippen LogP contribution in [0.1, 0.15) is 31.1 Å². The van der Waals surface area contributed by atoms with Crippen LogP contribution in [0, 0.1) is 5.92 Å². The van der Waals surface area contributed by atoms with Crippen LogP contribution in [0.25, 0.3) is 0 Å². The fraction of sp³-hybridized carbons (Fsp3) is 0.500. The fourth-order valence-electron chi connectivity index (χ4n) is 1.95. The van der Waals surface area contributed by atoms with E-state index in [1.807, 2.05) is 6.21 Å². The zero-order valence-electron chi connectivity index (χ0n) is 11.5. The van der Waals surface area contributed by atoms with Crippen LogP contribution in [0.2, 0.25) is 0 Å². The van der Waals surface area contributed by atoms with Crippen molar-refractivity contribution in [1.29, 1.82) is 0 Å². The molecule has 1 N–H and O–H groups in total. The van der Waals surface area contributed by atoms with Crippen LogP contribution in [0.4, 0.5) is 5.13 Å². The van der Waals surface area contributed by atoms with Gasteiger partial charge in [0.05, 0.1) is 13.0 Å². The maximum atomic E-state index is 11.3. The number of esters is 1. The van der Waals surface area contributed by atoms with E-state index in [1.165, 1.54) is 11.3 Å². The van der Waals surface area contributed by atoms with Crippen molar-refractivity contribution >= 4 is 28.7 Å². The highest BCUT2D eigenvalue weighted by Crippen LogP contribution is 2.19. The Morgan fingerprint density at radius 2 is 2.55 bits per heavy atom. The topological polar surface area (TPSA) is 63.6 Å². The second-order valence-corrected chi connectivity index (χ2v) is 5.66. The van der Waals surface area contributed by atoms with Gasteiger partial charge in [0.1, 0.15) is 0 Å². The molecule has 1 aromatic rings. The number of aromatic nitrogens is 1. The molecule has 0 saturated heterocycles. The van der Waals surface area contributed by atoms with Gasteiger partial charge in [-0.25, -0.2) is 4.98 Å². The highest BCUT2D eigenvalue weighted by Gasteiger charge is 2.08. The number of allylic oxidation sites excluding steroid dienone is 2. The lowest BCUT2D eigenvalue weighted by atomic mass is 9.96. The van der Waals surface area contributed by atoms with Gasteiger partial charge in [-0.05, 0) is 32.1 Å². The van der Waals surface area contributed by atoms with E-state index in [1.54, 1.807) is 13.1 Å². The Morgan fingerprint density at radius 3 is 3.30 bits per heavy atom. The van der Waals surface area contributed by atoms with Crippen molar-refractivity contribution in [3.05, 3.63) is 23.2 Å². The number of carbonyl (C=O) groups is 1. The van der Waals surface area contributed by atoms with E-state index in [4.69, 9.17) is 4.74 Å². The number of nitrogens with zero attached hydrogens (tertiary/aromatic N) is 2. The number of thiazole rings is 1. The third-order valence-corrected chi connectivity index (χ3v) is 3.83. The molecule has 0 amide bonds. The van der Waals surface area contributed by atoms with E-state index in [0.29, 0.717) is 17.7 Å². The SMILES string of the molecule is CCOC(=O)Cc1cnc(N/N=C/C2CC=CCC2)s1. The normalized spacial score (nSPS) is 18.4. The summed E-state index contributed by atoms with van der Waals surface area (Å²) in [6, 6.07) is 0. The number of hydrogen-bond acceptors (Lipinski definition) is 6. The molecule has 1 aliphatic rings. The average Bonchev–Trinajstić information content (AvgIpc) is 2.88. The summed E-state index contributed by atoms with van der Waals surface area (Å²) in [6.45, 7) is 2.20. The number of carbonyl (C=O) groups excluding carboxylic acids is 1. The predicted molar refractivity (Wildman–Crippen MR) is 81.0 cm³/mol. The Kier molecular flexibility index (Phi) is 5.73. The first-order chi connectivity index (χ1) is 9.78. The second kappa shape index (κ2) is 7.79. The molecule has 0 bridgehead atoms. The fourth-order valence-corrected chi connectivity index (χ4v) is 2.69. The minimum atomic E-state index is -0.222. The van der Waals surface area contributed by atoms with Crippen molar-refractivity contribution in [2.45, 2.75) is 32.6 Å². The molecule has 20 heavy (non-hydrogen) atoms. The third-order valence-electron chi connectivity index (χ3n) is 2.93. The molecule has 0 spiro atoms. The summed E-state index contributed by atoms with van der Waals surface area (Å²) in [7, 11) is 0. The van der Waals surface area contributed by atoms with E-state index < -0.39 is 0 Å². The van der Waals surface area contributed by atoms with Gasteiger partial charge in [0.15, 0.2) is 0 Å². The van der Waals surface area contributed by atoms with E-state index in [2.05, 4.69) is 27.7 Å². The molecule has 108 valence electrons. The van der Waals surface area contributed by atoms with Crippen molar-refractivity contribution in [3.63, 3.8) is 0 Å². The zero-order chi connectivity index (χ0) is 14.2. The van der Waals surface area contributed by atoms with E-state index >= 15 is 0 Å². The summed E-state index contributed by atoms with van der Waals surface area (Å²) in [5.74, 6) is 0.284. The highest BCUT2D eigenvalue weighted by molar-refractivity contribution is 7.15. The number of ether oxygens (including phenoxy) is 1. The lowest BCUT2D eigenvalue weighted by Crippen LogP contribution is -2.06. The van der Waals surface area contributed by atoms with Gasteiger partial charge in [0.25, 0.3) is 0 Å². The number of nitrogens with one attached hydrogen (secondary N) is 1. The molecule has 1 unspecified atom stereocenters. The number of hydrazone groups is 1. The molecular formula is C14H19N3O2S. The Hall–Kier alpha value is -1.69. The molecule has 0 fully saturated rings. The lowest BCUT2D eigenvalue weighted by Gasteiger charge is -2.11. The Labute approximate surface area is 122 Å². The Balaban J connectivity index is 1.79. The van der Waals surface area contributed by atoms with Gasteiger partial charge in [-0.1, -0.05) is 23.5 Å². The van der Waals surface area contributed by atoms with Crippen LogP contribution in [0.3, 0.4) is 0 Å². The molecular weight excluding hydrogens is 274 g/mol. The van der Waals surface area contributed by atoms with Crippen LogP contribution in [-0.2, 0) is 16.0 Å². The molecule has 0 aromatic carbocycles. The minimum Gasteiger partial charge on any atom is -0.466 e. The molecule has 0 radical (unpaired) electrons. The van der Waals surface area contributed by atoms with E-state index in [9.17, 15) is 4.79 Å². The number of hydrogen-bond donors (Lipinski definition) is 1. The summed E-state index contributed by atoms with van der Waals surface area (Å²) in [5, 5.41) is 4.92. The van der Waals surface area contributed by atoms with Gasteiger partial charge in [-0.15, -0.1) is 0 Å². The van der Waals surface area contributed by atoms with E-state index in [0.717, 1.165) is 24.1 Å². The monoisotopic (exact) mass is 293 g/mol. The number of rotatable bonds is 6. The molecule has 1 aliphatic carbocycles. The van der Waals surface area contributed by atoms with Crippen molar-refractivity contribution in [1.82, 2.24) is 4.98 Å². The smallest absolute Gasteiger partial charge is 0.311 e. The third kappa shape index (κ3) is 4.77. The Bertz CT molecular complexity index is 496. The van der Waals surface area contributed by atoms with E-state index in [-0.39, 0.29) is 12.4 Å². The Morgan fingerprint density at radius 1 is 1.65 bits per heavy atom. The first-order valence-electron chi connectivity index (χ1n) is 6.82. The maximum Gasteiger partial charge on any atom is 0.311 e. The predicted octanol–water partition coefficient (Wildman–Crippen LogP) is 3.00. The van der Waals surface area contributed by atoms with Crippen LogP contribution < -0.4 is 5.43 Å². The largest absolute Gasteiger partial charge is 0.466 e. The molecule has 6 heteroatoms. The number of anilines is 1. The summed E-state index contributed by atoms with van der Waals surface area (Å²) in [4.78, 5) is 16.4. The van der Waals surface area contributed by atoms with Crippen LogP contribution in [0.5, 0.6) is 0 Å². The summed E-state index contributed by atoms with van der Waals surface area (Å²) in [6.07, 6.45) is 11.6. The quantitative estimate of drug-likeness (QED) is 0.379. The van der Waals surface area contributed by atoms with Crippen LogP contribution in [0.15, 0.2) is 23.5 Å². The van der Waals surface area contributed by atoms with Gasteiger partial charge >= 0.3 is 5.97 Å². The summed E-state index contributed by atoms with van der Waals surface area (Å²) >= 11 is 1.42. The van der Waals surface area contributed by atoms with Gasteiger partial charge in [0.2, 0.25) is 5.13 Å². The van der Waals surface area contributed by atoms with Gasteiger partial charge in [0, 0.05) is 17.3 Å². The van der Waals surface area contributed by atoms with Crippen molar-refractivity contribution < 1.29 is 9.53 Å². The van der Waals surface area contributed by atoms with Crippen LogP contribution >= 0.6 is 11.3 Å². The molecule has 0 aliphatic heterocycles. The van der Waals surface area contributed by atoms with Crippen LogP contribution in [-0.4, -0.2) is 23.8 Å². The minimum absolute atomic E-state index is 0.222. The molecule has 0 saturated carbocycles.